The number of carbonyl (C=O) groups is 3. The summed E-state index contributed by atoms with van der Waals surface area (Å²) < 4.78 is 0. The van der Waals surface area contributed by atoms with Crippen LogP contribution in [-0.4, -0.2) is 23.9 Å². The molecule has 2 bridgehead atoms. The molecule has 1 fully saturated rings. The lowest BCUT2D eigenvalue weighted by molar-refractivity contribution is -0.123. The Labute approximate surface area is 271 Å². The zero-order chi connectivity index (χ0) is 31.7. The van der Waals surface area contributed by atoms with Crippen molar-refractivity contribution in [1.82, 2.24) is 5.43 Å². The first-order valence-electron chi connectivity index (χ1n) is 15.9. The van der Waals surface area contributed by atoms with E-state index in [0.29, 0.717) is 5.69 Å². The summed E-state index contributed by atoms with van der Waals surface area (Å²) in [4.78, 5) is 44.2. The largest absolute Gasteiger partial charge is 0.274 e. The number of imide groups is 1. The number of anilines is 1. The van der Waals surface area contributed by atoms with Gasteiger partial charge in [0.15, 0.2) is 0 Å². The highest BCUT2D eigenvalue weighted by molar-refractivity contribution is 6.27. The van der Waals surface area contributed by atoms with Gasteiger partial charge in [-0.05, 0) is 50.0 Å². The van der Waals surface area contributed by atoms with Crippen LogP contribution in [0.4, 0.5) is 5.69 Å². The molecule has 6 nitrogen and oxygen atoms in total. The van der Waals surface area contributed by atoms with Gasteiger partial charge in [-0.1, -0.05) is 127 Å². The molecule has 0 aromatic heterocycles. The van der Waals surface area contributed by atoms with Gasteiger partial charge in [-0.3, -0.25) is 14.4 Å². The predicted octanol–water partition coefficient (Wildman–Crippen LogP) is 6.89. The van der Waals surface area contributed by atoms with E-state index >= 15 is 0 Å². The Morgan fingerprint density at radius 2 is 1.26 bits per heavy atom. The average Bonchev–Trinajstić information content (AvgIpc) is 3.38. The maximum Gasteiger partial charge on any atom is 0.244 e. The maximum atomic E-state index is 14.8. The van der Waals surface area contributed by atoms with Crippen LogP contribution in [0.3, 0.4) is 0 Å². The molecule has 0 saturated carbocycles. The number of nitrogens with one attached hydrogen (secondary N) is 1. The van der Waals surface area contributed by atoms with Crippen molar-refractivity contribution < 1.29 is 14.4 Å². The van der Waals surface area contributed by atoms with Gasteiger partial charge in [0, 0.05) is 17.5 Å². The maximum absolute atomic E-state index is 14.8. The second-order valence-corrected chi connectivity index (χ2v) is 12.6. The molecule has 226 valence electrons. The third-order valence-electron chi connectivity index (χ3n) is 10.4. The molecule has 3 amide bonds. The molecular formula is C41H29N3O3. The molecule has 1 aliphatic heterocycles. The van der Waals surface area contributed by atoms with Crippen LogP contribution in [0.1, 0.15) is 33.7 Å². The molecule has 10 rings (SSSR count). The number of nitrogens with zero attached hydrogens (tertiary/aromatic N) is 2. The second kappa shape index (κ2) is 10.3. The van der Waals surface area contributed by atoms with Crippen molar-refractivity contribution in [2.45, 2.75) is 17.8 Å². The standard InChI is InChI=1S/C41H29N3O3/c45-35(23-27-15-9-13-25-11-1-3-16-28(25)27)43-42-24-41-32-20-7-5-18-30(32)36(31-19-6-8-21-33(31)41)37-38(41)40(47)44(39(37)46)34-22-10-14-26-12-2-4-17-29(26)34/h1-22,24,36-38H,23H2,(H,43,45)/b42-24-/t36?,37-,38-,41?/m0/s1. The molecule has 0 radical (unpaired) electrons. The molecule has 1 N–H and O–H groups in total. The van der Waals surface area contributed by atoms with Gasteiger partial charge < -0.3 is 0 Å². The Hall–Kier alpha value is -5.88. The highest BCUT2D eigenvalue weighted by atomic mass is 16.2. The molecule has 47 heavy (non-hydrogen) atoms. The van der Waals surface area contributed by atoms with E-state index < -0.39 is 17.3 Å². The average molecular weight is 612 g/mol. The molecule has 0 spiro atoms. The summed E-state index contributed by atoms with van der Waals surface area (Å²) in [6.45, 7) is 0. The summed E-state index contributed by atoms with van der Waals surface area (Å²) in [7, 11) is 0. The Morgan fingerprint density at radius 3 is 1.98 bits per heavy atom. The van der Waals surface area contributed by atoms with Crippen molar-refractivity contribution in [2.24, 2.45) is 16.9 Å². The van der Waals surface area contributed by atoms with E-state index in [9.17, 15) is 14.4 Å². The topological polar surface area (TPSA) is 78.8 Å². The fraction of sp³-hybridized carbons (Fsp3) is 0.122. The minimum absolute atomic E-state index is 0.152. The van der Waals surface area contributed by atoms with Crippen molar-refractivity contribution in [3.05, 3.63) is 161 Å². The number of hydrogen-bond donors (Lipinski definition) is 1. The molecule has 1 heterocycles. The van der Waals surface area contributed by atoms with Crippen LogP contribution < -0.4 is 10.3 Å². The van der Waals surface area contributed by atoms with Gasteiger partial charge in [0.1, 0.15) is 0 Å². The van der Waals surface area contributed by atoms with Crippen molar-refractivity contribution in [3.63, 3.8) is 0 Å². The smallest absolute Gasteiger partial charge is 0.244 e. The van der Waals surface area contributed by atoms with Gasteiger partial charge in [0.2, 0.25) is 17.7 Å². The number of hydrogen-bond acceptors (Lipinski definition) is 4. The second-order valence-electron chi connectivity index (χ2n) is 12.6. The number of carbonyl (C=O) groups excluding carboxylic acids is 3. The molecular weight excluding hydrogens is 582 g/mol. The Kier molecular flexibility index (Phi) is 6.03. The van der Waals surface area contributed by atoms with Crippen molar-refractivity contribution in [2.75, 3.05) is 4.90 Å². The van der Waals surface area contributed by atoms with Crippen LogP contribution in [0.25, 0.3) is 21.5 Å². The fourth-order valence-corrected chi connectivity index (χ4v) is 8.56. The Morgan fingerprint density at radius 1 is 0.681 bits per heavy atom. The zero-order valence-corrected chi connectivity index (χ0v) is 25.3. The summed E-state index contributed by atoms with van der Waals surface area (Å²) in [6, 6.07) is 43.6. The van der Waals surface area contributed by atoms with E-state index in [4.69, 9.17) is 0 Å². The summed E-state index contributed by atoms with van der Waals surface area (Å²) in [5.41, 5.74) is 7.13. The minimum Gasteiger partial charge on any atom is -0.274 e. The van der Waals surface area contributed by atoms with Gasteiger partial charge in [-0.2, -0.15) is 5.10 Å². The van der Waals surface area contributed by atoms with E-state index in [0.717, 1.165) is 49.4 Å². The van der Waals surface area contributed by atoms with Gasteiger partial charge >= 0.3 is 0 Å². The summed E-state index contributed by atoms with van der Waals surface area (Å²) in [5, 5.41) is 8.49. The third-order valence-corrected chi connectivity index (χ3v) is 10.4. The van der Waals surface area contributed by atoms with Crippen molar-refractivity contribution >= 4 is 51.2 Å². The fourth-order valence-electron chi connectivity index (χ4n) is 8.56. The third kappa shape index (κ3) is 3.85. The number of benzene rings is 6. The lowest BCUT2D eigenvalue weighted by atomic mass is 9.47. The number of amides is 3. The van der Waals surface area contributed by atoms with Crippen LogP contribution in [0.15, 0.2) is 139 Å². The summed E-state index contributed by atoms with van der Waals surface area (Å²) >= 11 is 0. The molecule has 6 heteroatoms. The first-order chi connectivity index (χ1) is 23.1. The number of hydrazone groups is 1. The zero-order valence-electron chi connectivity index (χ0n) is 25.3. The summed E-state index contributed by atoms with van der Waals surface area (Å²) in [5.74, 6) is -2.35. The number of rotatable bonds is 5. The van der Waals surface area contributed by atoms with Crippen LogP contribution >= 0.6 is 0 Å². The molecule has 0 unspecified atom stereocenters. The predicted molar refractivity (Wildman–Crippen MR) is 183 cm³/mol. The minimum atomic E-state index is -1.06. The van der Waals surface area contributed by atoms with Crippen LogP contribution in [0.5, 0.6) is 0 Å². The highest BCUT2D eigenvalue weighted by Crippen LogP contribution is 2.63. The molecule has 6 aromatic rings. The lowest BCUT2D eigenvalue weighted by Gasteiger charge is -2.52. The monoisotopic (exact) mass is 611 g/mol. The Bertz CT molecular complexity index is 2270. The van der Waals surface area contributed by atoms with E-state index in [1.54, 1.807) is 6.21 Å². The van der Waals surface area contributed by atoms with E-state index in [1.165, 1.54) is 4.90 Å². The quantitative estimate of drug-likeness (QED) is 0.131. The van der Waals surface area contributed by atoms with Crippen LogP contribution in [-0.2, 0) is 26.2 Å². The number of fused-ring (bicyclic) bond motifs is 2. The van der Waals surface area contributed by atoms with Crippen molar-refractivity contribution in [1.29, 1.82) is 0 Å². The normalized spacial score (nSPS) is 22.5. The van der Waals surface area contributed by atoms with Crippen LogP contribution in [0.2, 0.25) is 0 Å². The molecule has 1 saturated heterocycles. The first-order valence-corrected chi connectivity index (χ1v) is 15.9. The van der Waals surface area contributed by atoms with Gasteiger partial charge in [0.05, 0.1) is 29.4 Å². The SMILES string of the molecule is O=C(Cc1cccc2ccccc12)N/N=C\C12c3ccccc3C(c3ccccc31)[C@@H]1C(=O)N(c3cccc4ccccc34)C(=O)[C@H]12. The van der Waals surface area contributed by atoms with Gasteiger partial charge in [0.25, 0.3) is 0 Å². The van der Waals surface area contributed by atoms with E-state index in [2.05, 4.69) is 22.7 Å². The van der Waals surface area contributed by atoms with E-state index in [1.807, 2.05) is 121 Å². The molecule has 3 aliphatic carbocycles. The van der Waals surface area contributed by atoms with E-state index in [-0.39, 0.29) is 30.1 Å². The molecule has 2 atom stereocenters. The molecule has 6 aromatic carbocycles. The van der Waals surface area contributed by atoms with Crippen molar-refractivity contribution in [3.8, 4) is 0 Å². The lowest BCUT2D eigenvalue weighted by Crippen LogP contribution is -2.54. The van der Waals surface area contributed by atoms with Crippen LogP contribution in [0, 0.1) is 11.8 Å². The highest BCUT2D eigenvalue weighted by Gasteiger charge is 2.68. The summed E-state index contributed by atoms with van der Waals surface area (Å²) in [6.07, 6.45) is 1.87. The van der Waals surface area contributed by atoms with Gasteiger partial charge in [-0.15, -0.1) is 0 Å². The Balaban J connectivity index is 1.16. The molecule has 4 aliphatic rings. The first kappa shape index (κ1) is 27.4. The van der Waals surface area contributed by atoms with Gasteiger partial charge in [-0.25, -0.2) is 10.3 Å².